The molecule has 3 aromatic heterocycles. The van der Waals surface area contributed by atoms with E-state index in [0.29, 0.717) is 26.8 Å². The molecule has 2 N–H and O–H groups in total. The summed E-state index contributed by atoms with van der Waals surface area (Å²) in [7, 11) is 0. The van der Waals surface area contributed by atoms with Crippen LogP contribution in [0, 0.1) is 0 Å². The van der Waals surface area contributed by atoms with Crippen LogP contribution in [0.4, 0.5) is 10.3 Å². The van der Waals surface area contributed by atoms with Gasteiger partial charge in [-0.05, 0) is 24.3 Å². The van der Waals surface area contributed by atoms with Crippen molar-refractivity contribution in [3.63, 3.8) is 0 Å². The van der Waals surface area contributed by atoms with E-state index in [1.54, 1.807) is 11.4 Å². The normalized spacial score (nSPS) is 13.6. The fourth-order valence-corrected chi connectivity index (χ4v) is 4.37. The summed E-state index contributed by atoms with van der Waals surface area (Å²) >= 11 is 4.09. The molecule has 0 radical (unpaired) electrons. The van der Waals surface area contributed by atoms with Gasteiger partial charge in [0.1, 0.15) is 5.01 Å². The molecule has 1 aliphatic carbocycles. The number of hydrogen-bond donors (Lipinski definition) is 2. The number of carbonyl (C=O) groups excluding carboxylic acids is 2. The number of anilines is 2. The van der Waals surface area contributed by atoms with Gasteiger partial charge in [-0.15, -0.1) is 32.9 Å². The highest BCUT2D eigenvalue weighted by molar-refractivity contribution is 7.15. The molecule has 0 saturated heterocycles. The topological polar surface area (TPSA) is 96.9 Å². The zero-order chi connectivity index (χ0) is 17.2. The van der Waals surface area contributed by atoms with E-state index in [4.69, 9.17) is 0 Å². The third-order valence-corrected chi connectivity index (χ3v) is 6.15. The molecule has 2 amide bonds. The smallest absolute Gasteiger partial charge is 0.267 e. The first-order valence-electron chi connectivity index (χ1n) is 7.60. The van der Waals surface area contributed by atoms with Gasteiger partial charge in [0.05, 0.1) is 17.0 Å². The van der Waals surface area contributed by atoms with Gasteiger partial charge in [-0.1, -0.05) is 17.4 Å². The molecular weight excluding hydrogens is 378 g/mol. The highest BCUT2D eigenvalue weighted by Gasteiger charge is 2.27. The van der Waals surface area contributed by atoms with Gasteiger partial charge in [0, 0.05) is 11.3 Å². The predicted molar refractivity (Wildman–Crippen MR) is 98.6 cm³/mol. The van der Waals surface area contributed by atoms with Crippen LogP contribution in [0.2, 0.25) is 0 Å². The van der Waals surface area contributed by atoms with E-state index in [1.807, 2.05) is 11.4 Å². The number of amides is 2. The first-order valence-corrected chi connectivity index (χ1v) is 10.2. The average molecular weight is 392 g/mol. The Morgan fingerprint density at radius 2 is 2.04 bits per heavy atom. The average Bonchev–Trinajstić information content (AvgIpc) is 3.01. The molecule has 0 atom stereocenters. The fraction of sp³-hybridized carbons (Fsp3) is 0.267. The van der Waals surface area contributed by atoms with Gasteiger partial charge in [-0.25, -0.2) is 4.98 Å². The minimum absolute atomic E-state index is 0.129. The second-order valence-corrected chi connectivity index (χ2v) is 8.33. The van der Waals surface area contributed by atoms with Crippen LogP contribution in [0.5, 0.6) is 0 Å². The van der Waals surface area contributed by atoms with Crippen LogP contribution in [0.1, 0.15) is 39.1 Å². The van der Waals surface area contributed by atoms with Crippen molar-refractivity contribution in [2.45, 2.75) is 25.2 Å². The second kappa shape index (κ2) is 6.98. The quantitative estimate of drug-likeness (QED) is 0.671. The summed E-state index contributed by atoms with van der Waals surface area (Å²) in [6.07, 6.45) is 2.44. The van der Waals surface area contributed by atoms with Crippen molar-refractivity contribution < 1.29 is 9.59 Å². The largest absolute Gasteiger partial charge is 0.300 e. The molecule has 0 aliphatic heterocycles. The van der Waals surface area contributed by atoms with Crippen LogP contribution >= 0.6 is 34.0 Å². The Balaban J connectivity index is 1.32. The lowest BCUT2D eigenvalue weighted by Crippen LogP contribution is -2.15. The van der Waals surface area contributed by atoms with E-state index in [2.05, 4.69) is 25.8 Å². The van der Waals surface area contributed by atoms with E-state index in [1.165, 1.54) is 34.0 Å². The van der Waals surface area contributed by atoms with Crippen LogP contribution < -0.4 is 10.6 Å². The number of hydrogen-bond acceptors (Lipinski definition) is 8. The summed E-state index contributed by atoms with van der Waals surface area (Å²) in [6, 6.07) is 3.57. The summed E-state index contributed by atoms with van der Waals surface area (Å²) in [6.45, 7) is 0. The molecule has 7 nitrogen and oxygen atoms in total. The van der Waals surface area contributed by atoms with Crippen molar-refractivity contribution >= 4 is 56.1 Å². The summed E-state index contributed by atoms with van der Waals surface area (Å²) in [5, 5.41) is 19.2. The van der Waals surface area contributed by atoms with Gasteiger partial charge in [0.2, 0.25) is 11.0 Å². The molecule has 3 aromatic rings. The minimum atomic E-state index is -0.195. The monoisotopic (exact) mass is 391 g/mol. The Hall–Kier alpha value is -2.17. The fourth-order valence-electron chi connectivity index (χ4n) is 2.12. The Kier molecular flexibility index (Phi) is 4.55. The Labute approximate surface area is 155 Å². The van der Waals surface area contributed by atoms with Crippen molar-refractivity contribution in [3.8, 4) is 0 Å². The lowest BCUT2D eigenvalue weighted by atomic mass is 10.3. The summed E-state index contributed by atoms with van der Waals surface area (Å²) in [4.78, 5) is 29.0. The number of nitrogens with zero attached hydrogens (tertiary/aromatic N) is 3. The Bertz CT molecular complexity index is 898. The number of carbonyl (C=O) groups is 2. The molecular formula is C15H13N5O2S3. The van der Waals surface area contributed by atoms with Gasteiger partial charge >= 0.3 is 0 Å². The molecule has 25 heavy (non-hydrogen) atoms. The van der Waals surface area contributed by atoms with Crippen LogP contribution in [0.25, 0.3) is 0 Å². The van der Waals surface area contributed by atoms with Crippen LogP contribution in [0.15, 0.2) is 22.9 Å². The van der Waals surface area contributed by atoms with Crippen LogP contribution in [0.3, 0.4) is 0 Å². The standard InChI is InChI=1S/C15H13N5O2S3/c21-11(17-15-20-19-13(25-15)8-3-4-8)6-9-7-24-14(16-9)18-12(22)10-2-1-5-23-10/h1-2,5,7-8H,3-4,6H2,(H,16,18,22)(H,17,20,21). The molecule has 4 rings (SSSR count). The molecule has 10 heteroatoms. The molecule has 0 bridgehead atoms. The molecule has 1 fully saturated rings. The first kappa shape index (κ1) is 16.3. The van der Waals surface area contributed by atoms with Crippen molar-refractivity contribution in [3.05, 3.63) is 38.5 Å². The van der Waals surface area contributed by atoms with Gasteiger partial charge < -0.3 is 5.32 Å². The number of nitrogens with one attached hydrogen (secondary N) is 2. The SMILES string of the molecule is O=C(Cc1csc(NC(=O)c2cccs2)n1)Nc1nnc(C2CC2)s1. The Morgan fingerprint density at radius 1 is 1.16 bits per heavy atom. The van der Waals surface area contributed by atoms with Crippen molar-refractivity contribution in [2.24, 2.45) is 0 Å². The zero-order valence-electron chi connectivity index (χ0n) is 12.9. The van der Waals surface area contributed by atoms with Crippen molar-refractivity contribution in [1.82, 2.24) is 15.2 Å². The highest BCUT2D eigenvalue weighted by atomic mass is 32.1. The number of rotatable bonds is 6. The van der Waals surface area contributed by atoms with Crippen LogP contribution in [-0.2, 0) is 11.2 Å². The van der Waals surface area contributed by atoms with Crippen LogP contribution in [-0.4, -0.2) is 27.0 Å². The number of thiophene rings is 1. The van der Waals surface area contributed by atoms with Gasteiger partial charge in [-0.2, -0.15) is 0 Å². The van der Waals surface area contributed by atoms with Gasteiger partial charge in [0.25, 0.3) is 5.91 Å². The summed E-state index contributed by atoms with van der Waals surface area (Å²) in [5.41, 5.74) is 0.607. The van der Waals surface area contributed by atoms with Crippen molar-refractivity contribution in [2.75, 3.05) is 10.6 Å². The number of aromatic nitrogens is 3. The van der Waals surface area contributed by atoms with E-state index >= 15 is 0 Å². The van der Waals surface area contributed by atoms with E-state index in [-0.39, 0.29) is 18.2 Å². The third-order valence-electron chi connectivity index (χ3n) is 3.47. The maximum absolute atomic E-state index is 12.1. The highest BCUT2D eigenvalue weighted by Crippen LogP contribution is 2.42. The molecule has 128 valence electrons. The summed E-state index contributed by atoms with van der Waals surface area (Å²) in [5.74, 6) is 0.137. The molecule has 0 aromatic carbocycles. The molecule has 3 heterocycles. The molecule has 0 unspecified atom stereocenters. The number of thiazole rings is 1. The van der Waals surface area contributed by atoms with Gasteiger partial charge in [0.15, 0.2) is 5.13 Å². The maximum atomic E-state index is 12.1. The van der Waals surface area contributed by atoms with E-state index in [0.717, 1.165) is 17.8 Å². The maximum Gasteiger partial charge on any atom is 0.267 e. The Morgan fingerprint density at radius 3 is 2.80 bits per heavy atom. The van der Waals surface area contributed by atoms with E-state index in [9.17, 15) is 9.59 Å². The van der Waals surface area contributed by atoms with Crippen molar-refractivity contribution in [1.29, 1.82) is 0 Å². The molecule has 0 spiro atoms. The van der Waals surface area contributed by atoms with Gasteiger partial charge in [-0.3, -0.25) is 14.9 Å². The minimum Gasteiger partial charge on any atom is -0.300 e. The lowest BCUT2D eigenvalue weighted by molar-refractivity contribution is -0.115. The summed E-state index contributed by atoms with van der Waals surface area (Å²) < 4.78 is 0. The first-order chi connectivity index (χ1) is 12.2. The third kappa shape index (κ3) is 4.09. The van der Waals surface area contributed by atoms with E-state index < -0.39 is 0 Å². The second-order valence-electron chi connectivity index (χ2n) is 5.52. The zero-order valence-corrected chi connectivity index (χ0v) is 15.3. The molecule has 1 aliphatic rings. The predicted octanol–water partition coefficient (Wildman–Crippen LogP) is 3.37. The molecule has 1 saturated carbocycles. The lowest BCUT2D eigenvalue weighted by Gasteiger charge is -1.99.